The standard InChI is InChI=1S/C25H26O9/c1-14-5-9-18(10-6-14)23(28)30-13-20-21(31-16(3)26)22(25(33-20)32-17(4)27)34-24(29)19-11-7-15(2)8-12-19/h5-12,20-22,25H,13H2,1-4H3/t20-,21-,22-,25-/m0/s1. The second-order valence-electron chi connectivity index (χ2n) is 7.93. The summed E-state index contributed by atoms with van der Waals surface area (Å²) >= 11 is 0. The predicted octanol–water partition coefficient (Wildman–Crippen LogP) is 2.91. The van der Waals surface area contributed by atoms with Gasteiger partial charge in [0.25, 0.3) is 0 Å². The van der Waals surface area contributed by atoms with Crippen molar-refractivity contribution in [1.82, 2.24) is 0 Å². The van der Waals surface area contributed by atoms with Crippen LogP contribution in [0, 0.1) is 13.8 Å². The van der Waals surface area contributed by atoms with E-state index in [9.17, 15) is 19.2 Å². The molecule has 1 aliphatic heterocycles. The molecule has 0 bridgehead atoms. The fourth-order valence-electron chi connectivity index (χ4n) is 3.36. The smallest absolute Gasteiger partial charge is 0.338 e. The van der Waals surface area contributed by atoms with Gasteiger partial charge in [-0.25, -0.2) is 9.59 Å². The van der Waals surface area contributed by atoms with E-state index in [1.54, 1.807) is 48.5 Å². The number of esters is 4. The first kappa shape index (κ1) is 24.9. The van der Waals surface area contributed by atoms with Crippen LogP contribution in [0.4, 0.5) is 0 Å². The van der Waals surface area contributed by atoms with Crippen LogP contribution in [-0.4, -0.2) is 55.1 Å². The van der Waals surface area contributed by atoms with E-state index in [1.165, 1.54) is 6.92 Å². The van der Waals surface area contributed by atoms with Crippen molar-refractivity contribution in [3.63, 3.8) is 0 Å². The number of aryl methyl sites for hydroxylation is 2. The zero-order valence-electron chi connectivity index (χ0n) is 19.3. The number of hydrogen-bond acceptors (Lipinski definition) is 9. The molecule has 0 N–H and O–H groups in total. The van der Waals surface area contributed by atoms with Crippen molar-refractivity contribution in [3.05, 3.63) is 70.8 Å². The molecule has 0 unspecified atom stereocenters. The summed E-state index contributed by atoms with van der Waals surface area (Å²) in [5, 5.41) is 0. The lowest BCUT2D eigenvalue weighted by Crippen LogP contribution is -2.42. The van der Waals surface area contributed by atoms with Crippen LogP contribution in [0.2, 0.25) is 0 Å². The van der Waals surface area contributed by atoms with Crippen LogP contribution in [0.5, 0.6) is 0 Å². The summed E-state index contributed by atoms with van der Waals surface area (Å²) in [4.78, 5) is 48.5. The van der Waals surface area contributed by atoms with E-state index in [-0.39, 0.29) is 12.2 Å². The van der Waals surface area contributed by atoms with Crippen molar-refractivity contribution in [3.8, 4) is 0 Å². The van der Waals surface area contributed by atoms with Gasteiger partial charge >= 0.3 is 23.9 Å². The molecule has 2 aromatic carbocycles. The Bertz CT molecular complexity index is 1040. The lowest BCUT2D eigenvalue weighted by Gasteiger charge is -2.23. The van der Waals surface area contributed by atoms with E-state index in [0.717, 1.165) is 18.1 Å². The Morgan fingerprint density at radius 1 is 0.706 bits per heavy atom. The van der Waals surface area contributed by atoms with Crippen molar-refractivity contribution in [2.24, 2.45) is 0 Å². The van der Waals surface area contributed by atoms with E-state index in [2.05, 4.69) is 0 Å². The van der Waals surface area contributed by atoms with Crippen LogP contribution < -0.4 is 0 Å². The number of carbonyl (C=O) groups is 4. The third-order valence-corrected chi connectivity index (χ3v) is 5.05. The molecule has 1 heterocycles. The Balaban J connectivity index is 1.78. The molecule has 0 aliphatic carbocycles. The van der Waals surface area contributed by atoms with Crippen molar-refractivity contribution in [2.45, 2.75) is 52.3 Å². The second-order valence-corrected chi connectivity index (χ2v) is 7.93. The molecular formula is C25H26O9. The first-order chi connectivity index (χ1) is 16.1. The lowest BCUT2D eigenvalue weighted by atomic mass is 10.1. The highest BCUT2D eigenvalue weighted by molar-refractivity contribution is 5.90. The highest BCUT2D eigenvalue weighted by Crippen LogP contribution is 2.29. The summed E-state index contributed by atoms with van der Waals surface area (Å²) in [7, 11) is 0. The molecule has 9 heteroatoms. The van der Waals surface area contributed by atoms with Gasteiger partial charge in [-0.1, -0.05) is 35.4 Å². The number of hydrogen-bond donors (Lipinski definition) is 0. The Hall–Kier alpha value is -3.72. The molecule has 0 aromatic heterocycles. The molecule has 180 valence electrons. The first-order valence-corrected chi connectivity index (χ1v) is 10.7. The van der Waals surface area contributed by atoms with Gasteiger partial charge in [0.1, 0.15) is 12.7 Å². The maximum atomic E-state index is 12.7. The molecule has 0 amide bonds. The second kappa shape index (κ2) is 10.9. The summed E-state index contributed by atoms with van der Waals surface area (Å²) in [6.45, 7) is 5.76. The average Bonchev–Trinajstić information content (AvgIpc) is 3.07. The third-order valence-electron chi connectivity index (χ3n) is 5.05. The number of benzene rings is 2. The molecule has 34 heavy (non-hydrogen) atoms. The summed E-state index contributed by atoms with van der Waals surface area (Å²) in [5.41, 5.74) is 2.51. The van der Waals surface area contributed by atoms with E-state index in [1.807, 2.05) is 13.8 Å². The maximum absolute atomic E-state index is 12.7. The Labute approximate surface area is 196 Å². The van der Waals surface area contributed by atoms with Gasteiger partial charge in [-0.15, -0.1) is 0 Å². The van der Waals surface area contributed by atoms with Gasteiger partial charge in [0.05, 0.1) is 11.1 Å². The summed E-state index contributed by atoms with van der Waals surface area (Å²) in [6.07, 6.45) is -4.86. The number of ether oxygens (including phenoxy) is 5. The topological polar surface area (TPSA) is 114 Å². The van der Waals surface area contributed by atoms with Gasteiger partial charge in [0.15, 0.2) is 6.10 Å². The fraction of sp³-hybridized carbons (Fsp3) is 0.360. The van der Waals surface area contributed by atoms with Crippen LogP contribution in [0.15, 0.2) is 48.5 Å². The SMILES string of the molecule is CC(=O)O[C@H]1O[C@@H](COC(=O)c2ccc(C)cc2)[C@H](OC(C)=O)[C@@H]1OC(=O)c1ccc(C)cc1. The molecule has 0 saturated carbocycles. The lowest BCUT2D eigenvalue weighted by molar-refractivity contribution is -0.188. The van der Waals surface area contributed by atoms with Crippen molar-refractivity contribution < 1.29 is 42.9 Å². The van der Waals surface area contributed by atoms with Gasteiger partial charge < -0.3 is 23.7 Å². The van der Waals surface area contributed by atoms with Crippen LogP contribution in [0.25, 0.3) is 0 Å². The fourth-order valence-corrected chi connectivity index (χ4v) is 3.36. The van der Waals surface area contributed by atoms with Gasteiger partial charge in [0, 0.05) is 13.8 Å². The molecule has 0 radical (unpaired) electrons. The number of rotatable bonds is 7. The summed E-state index contributed by atoms with van der Waals surface area (Å²) in [6, 6.07) is 13.4. The highest BCUT2D eigenvalue weighted by Gasteiger charge is 2.52. The van der Waals surface area contributed by atoms with Crippen LogP contribution >= 0.6 is 0 Å². The van der Waals surface area contributed by atoms with Gasteiger partial charge in [-0.05, 0) is 38.1 Å². The van der Waals surface area contributed by atoms with Crippen molar-refractivity contribution >= 4 is 23.9 Å². The Kier molecular flexibility index (Phi) is 8.01. The molecule has 1 fully saturated rings. The van der Waals surface area contributed by atoms with E-state index in [0.29, 0.717) is 5.56 Å². The predicted molar refractivity (Wildman–Crippen MR) is 118 cm³/mol. The zero-order valence-corrected chi connectivity index (χ0v) is 19.3. The minimum Gasteiger partial charge on any atom is -0.459 e. The largest absolute Gasteiger partial charge is 0.459 e. The van der Waals surface area contributed by atoms with E-state index >= 15 is 0 Å². The van der Waals surface area contributed by atoms with Crippen molar-refractivity contribution in [2.75, 3.05) is 6.61 Å². The molecule has 0 spiro atoms. The maximum Gasteiger partial charge on any atom is 0.338 e. The molecule has 4 atom stereocenters. The summed E-state index contributed by atoms with van der Waals surface area (Å²) < 4.78 is 27.0. The normalized spacial score (nSPS) is 21.4. The number of carbonyl (C=O) groups excluding carboxylic acids is 4. The highest BCUT2D eigenvalue weighted by atomic mass is 16.8. The van der Waals surface area contributed by atoms with Crippen molar-refractivity contribution in [1.29, 1.82) is 0 Å². The first-order valence-electron chi connectivity index (χ1n) is 10.7. The monoisotopic (exact) mass is 470 g/mol. The minimum atomic E-state index is -1.36. The van der Waals surface area contributed by atoms with Crippen LogP contribution in [-0.2, 0) is 33.3 Å². The molecule has 2 aromatic rings. The molecular weight excluding hydrogens is 444 g/mol. The van der Waals surface area contributed by atoms with E-state index < -0.39 is 48.5 Å². The van der Waals surface area contributed by atoms with Gasteiger partial charge in [-0.2, -0.15) is 0 Å². The Morgan fingerprint density at radius 3 is 1.71 bits per heavy atom. The molecule has 3 rings (SSSR count). The van der Waals surface area contributed by atoms with Crippen LogP contribution in [0.1, 0.15) is 45.7 Å². The third kappa shape index (κ3) is 6.41. The van der Waals surface area contributed by atoms with E-state index in [4.69, 9.17) is 23.7 Å². The van der Waals surface area contributed by atoms with Gasteiger partial charge in [-0.3, -0.25) is 9.59 Å². The summed E-state index contributed by atoms with van der Waals surface area (Å²) in [5.74, 6) is -2.71. The minimum absolute atomic E-state index is 0.253. The quantitative estimate of drug-likeness (QED) is 0.445. The molecule has 1 saturated heterocycles. The van der Waals surface area contributed by atoms with Gasteiger partial charge in [0.2, 0.25) is 12.4 Å². The average molecular weight is 470 g/mol. The molecule has 1 aliphatic rings. The van der Waals surface area contributed by atoms with Crippen LogP contribution in [0.3, 0.4) is 0 Å². The molecule has 9 nitrogen and oxygen atoms in total. The zero-order chi connectivity index (χ0) is 24.8. The Morgan fingerprint density at radius 2 is 1.21 bits per heavy atom.